The number of aryl methyl sites for hydroxylation is 1. The Labute approximate surface area is 162 Å². The van der Waals surface area contributed by atoms with E-state index in [1.54, 1.807) is 17.0 Å². The van der Waals surface area contributed by atoms with Gasteiger partial charge < -0.3 is 24.6 Å². The van der Waals surface area contributed by atoms with E-state index in [4.69, 9.17) is 31.3 Å². The predicted octanol–water partition coefficient (Wildman–Crippen LogP) is 2.29. The fraction of sp³-hybridized carbons (Fsp3) is 0.500. The molecule has 8 nitrogen and oxygen atoms in total. The van der Waals surface area contributed by atoms with Gasteiger partial charge in [0, 0.05) is 37.5 Å². The van der Waals surface area contributed by atoms with Gasteiger partial charge in [0.05, 0.1) is 19.2 Å². The highest BCUT2D eigenvalue weighted by Gasteiger charge is 2.22. The number of piperidine rings is 1. The highest BCUT2D eigenvalue weighted by molar-refractivity contribution is 6.32. The van der Waals surface area contributed by atoms with Crippen LogP contribution in [0.15, 0.2) is 16.7 Å². The van der Waals surface area contributed by atoms with Crippen LogP contribution >= 0.6 is 11.6 Å². The van der Waals surface area contributed by atoms with Crippen LogP contribution in [0, 0.1) is 0 Å². The van der Waals surface area contributed by atoms with E-state index in [2.05, 4.69) is 10.1 Å². The van der Waals surface area contributed by atoms with Crippen molar-refractivity contribution in [3.8, 4) is 22.9 Å². The van der Waals surface area contributed by atoms with Crippen molar-refractivity contribution >= 4 is 17.5 Å². The van der Waals surface area contributed by atoms with E-state index < -0.39 is 0 Å². The summed E-state index contributed by atoms with van der Waals surface area (Å²) in [4.78, 5) is 18.5. The third-order valence-electron chi connectivity index (χ3n) is 4.52. The van der Waals surface area contributed by atoms with Gasteiger partial charge in [0.1, 0.15) is 0 Å². The molecule has 146 valence electrons. The number of aromatic nitrogens is 2. The maximum absolute atomic E-state index is 12.3. The summed E-state index contributed by atoms with van der Waals surface area (Å²) in [6.45, 7) is 1.36. The van der Waals surface area contributed by atoms with Crippen molar-refractivity contribution < 1.29 is 18.8 Å². The number of benzene rings is 1. The standard InChI is InChI=1S/C18H23ClN4O4/c1-25-14-9-11(8-13(19)17(14)26-2)18-21-15(27-22-18)5-6-16(24)23-7-3-4-12(20)10-23/h8-9,12H,3-7,10,20H2,1-2H3/t12-/m0/s1. The average Bonchev–Trinajstić information content (AvgIpc) is 3.14. The van der Waals surface area contributed by atoms with Crippen LogP contribution < -0.4 is 15.2 Å². The van der Waals surface area contributed by atoms with Gasteiger partial charge in [0.15, 0.2) is 11.5 Å². The Morgan fingerprint density at radius 2 is 2.22 bits per heavy atom. The second kappa shape index (κ2) is 8.58. The molecular weight excluding hydrogens is 372 g/mol. The molecule has 0 aliphatic carbocycles. The number of carbonyl (C=O) groups excluding carboxylic acids is 1. The topological polar surface area (TPSA) is 104 Å². The van der Waals surface area contributed by atoms with Crippen LogP contribution in [-0.4, -0.2) is 54.3 Å². The van der Waals surface area contributed by atoms with Gasteiger partial charge in [-0.2, -0.15) is 4.98 Å². The Bertz CT molecular complexity index is 811. The number of hydrogen-bond donors (Lipinski definition) is 1. The molecule has 2 aromatic rings. The molecule has 0 saturated carbocycles. The third-order valence-corrected chi connectivity index (χ3v) is 4.80. The van der Waals surface area contributed by atoms with Gasteiger partial charge in [0.25, 0.3) is 0 Å². The number of nitrogens with two attached hydrogens (primary N) is 1. The first-order valence-corrected chi connectivity index (χ1v) is 9.17. The van der Waals surface area contributed by atoms with Crippen molar-refractivity contribution in [3.63, 3.8) is 0 Å². The van der Waals surface area contributed by atoms with Crippen molar-refractivity contribution in [1.29, 1.82) is 0 Å². The normalized spacial score (nSPS) is 17.0. The number of rotatable bonds is 6. The zero-order valence-corrected chi connectivity index (χ0v) is 16.2. The summed E-state index contributed by atoms with van der Waals surface area (Å²) in [6.07, 6.45) is 2.59. The van der Waals surface area contributed by atoms with Crippen molar-refractivity contribution in [2.75, 3.05) is 27.3 Å². The van der Waals surface area contributed by atoms with Gasteiger partial charge in [0.2, 0.25) is 17.6 Å². The SMILES string of the molecule is COc1cc(-c2noc(CCC(=O)N3CCC[C@H](N)C3)n2)cc(Cl)c1OC. The van der Waals surface area contributed by atoms with Crippen LogP contribution in [0.2, 0.25) is 5.02 Å². The number of carbonyl (C=O) groups is 1. The zero-order chi connectivity index (χ0) is 19.4. The molecule has 27 heavy (non-hydrogen) atoms. The summed E-state index contributed by atoms with van der Waals surface area (Å²) in [5, 5.41) is 4.36. The summed E-state index contributed by atoms with van der Waals surface area (Å²) >= 11 is 6.22. The molecule has 0 radical (unpaired) electrons. The lowest BCUT2D eigenvalue weighted by Crippen LogP contribution is -2.45. The van der Waals surface area contributed by atoms with E-state index in [1.807, 2.05) is 0 Å². The van der Waals surface area contributed by atoms with E-state index in [0.29, 0.717) is 53.2 Å². The van der Waals surface area contributed by atoms with E-state index in [-0.39, 0.29) is 11.9 Å². The van der Waals surface area contributed by atoms with Gasteiger partial charge in [-0.15, -0.1) is 0 Å². The van der Waals surface area contributed by atoms with Crippen LogP contribution in [0.3, 0.4) is 0 Å². The summed E-state index contributed by atoms with van der Waals surface area (Å²) in [5.74, 6) is 1.74. The molecule has 2 N–H and O–H groups in total. The lowest BCUT2D eigenvalue weighted by atomic mass is 10.1. The van der Waals surface area contributed by atoms with E-state index in [9.17, 15) is 4.79 Å². The predicted molar refractivity (Wildman–Crippen MR) is 100.0 cm³/mol. The van der Waals surface area contributed by atoms with Gasteiger partial charge in [-0.3, -0.25) is 4.79 Å². The summed E-state index contributed by atoms with van der Waals surface area (Å²) in [7, 11) is 3.04. The van der Waals surface area contributed by atoms with Crippen molar-refractivity contribution in [2.45, 2.75) is 31.7 Å². The number of methoxy groups -OCH3 is 2. The molecule has 1 saturated heterocycles. The van der Waals surface area contributed by atoms with Crippen LogP contribution in [0.4, 0.5) is 0 Å². The van der Waals surface area contributed by atoms with Gasteiger partial charge >= 0.3 is 0 Å². The number of amides is 1. The number of likely N-dealkylation sites (tertiary alicyclic amines) is 1. The lowest BCUT2D eigenvalue weighted by Gasteiger charge is -2.30. The molecule has 2 heterocycles. The van der Waals surface area contributed by atoms with E-state index in [1.165, 1.54) is 14.2 Å². The minimum atomic E-state index is 0.0547. The molecule has 0 bridgehead atoms. The Kier molecular flexibility index (Phi) is 6.18. The van der Waals surface area contributed by atoms with E-state index in [0.717, 1.165) is 19.4 Å². The average molecular weight is 395 g/mol. The molecule has 0 spiro atoms. The first-order chi connectivity index (χ1) is 13.0. The largest absolute Gasteiger partial charge is 0.493 e. The minimum Gasteiger partial charge on any atom is -0.493 e. The van der Waals surface area contributed by atoms with Crippen molar-refractivity contribution in [3.05, 3.63) is 23.0 Å². The highest BCUT2D eigenvalue weighted by atomic mass is 35.5. The quantitative estimate of drug-likeness (QED) is 0.801. The maximum Gasteiger partial charge on any atom is 0.227 e. The van der Waals surface area contributed by atoms with Gasteiger partial charge in [-0.1, -0.05) is 16.8 Å². The fourth-order valence-electron chi connectivity index (χ4n) is 3.13. The van der Waals surface area contributed by atoms with Gasteiger partial charge in [-0.05, 0) is 25.0 Å². The van der Waals surface area contributed by atoms with Crippen molar-refractivity contribution in [2.24, 2.45) is 5.73 Å². The Balaban J connectivity index is 1.66. The number of hydrogen-bond acceptors (Lipinski definition) is 7. The first kappa shape index (κ1) is 19.4. The molecule has 0 unspecified atom stereocenters. The molecule has 1 fully saturated rings. The third kappa shape index (κ3) is 4.51. The molecule has 1 atom stereocenters. The summed E-state index contributed by atoms with van der Waals surface area (Å²) in [6, 6.07) is 3.46. The van der Waals surface area contributed by atoms with Crippen LogP contribution in [0.5, 0.6) is 11.5 Å². The molecule has 1 aromatic carbocycles. The number of nitrogens with zero attached hydrogens (tertiary/aromatic N) is 3. The fourth-order valence-corrected chi connectivity index (χ4v) is 3.42. The molecule has 1 amide bonds. The second-order valence-electron chi connectivity index (χ2n) is 6.45. The Morgan fingerprint density at radius 1 is 1.41 bits per heavy atom. The smallest absolute Gasteiger partial charge is 0.227 e. The number of ether oxygens (including phenoxy) is 2. The van der Waals surface area contributed by atoms with Gasteiger partial charge in [-0.25, -0.2) is 0 Å². The molecule has 1 aliphatic heterocycles. The zero-order valence-electron chi connectivity index (χ0n) is 15.4. The molecule has 9 heteroatoms. The van der Waals surface area contributed by atoms with Crippen LogP contribution in [0.25, 0.3) is 11.4 Å². The Morgan fingerprint density at radius 3 is 2.93 bits per heavy atom. The molecule has 3 rings (SSSR count). The lowest BCUT2D eigenvalue weighted by molar-refractivity contribution is -0.132. The summed E-state index contributed by atoms with van der Waals surface area (Å²) < 4.78 is 15.8. The highest BCUT2D eigenvalue weighted by Crippen LogP contribution is 2.38. The van der Waals surface area contributed by atoms with E-state index >= 15 is 0 Å². The molecule has 1 aromatic heterocycles. The van der Waals surface area contributed by atoms with Crippen LogP contribution in [0.1, 0.15) is 25.2 Å². The number of halogens is 1. The minimum absolute atomic E-state index is 0.0547. The monoisotopic (exact) mass is 394 g/mol. The van der Waals surface area contributed by atoms with Crippen LogP contribution in [-0.2, 0) is 11.2 Å². The Hall–Kier alpha value is -2.32. The molecular formula is C18H23ClN4O4. The van der Waals surface area contributed by atoms with Crippen molar-refractivity contribution in [1.82, 2.24) is 15.0 Å². The second-order valence-corrected chi connectivity index (χ2v) is 6.85. The summed E-state index contributed by atoms with van der Waals surface area (Å²) in [5.41, 5.74) is 6.57. The first-order valence-electron chi connectivity index (χ1n) is 8.79. The maximum atomic E-state index is 12.3. The molecule has 1 aliphatic rings.